The van der Waals surface area contributed by atoms with Gasteiger partial charge in [0.15, 0.2) is 0 Å². The Morgan fingerprint density at radius 1 is 1.40 bits per heavy atom. The van der Waals surface area contributed by atoms with Crippen LogP contribution >= 0.6 is 0 Å². The molecule has 0 aromatic heterocycles. The summed E-state index contributed by atoms with van der Waals surface area (Å²) >= 11 is 0. The first kappa shape index (κ1) is 12.0. The average Bonchev–Trinajstić information content (AvgIpc) is 2.64. The average molecular weight is 215 g/mol. The number of aliphatic carboxylic acids is 1. The van der Waals surface area contributed by atoms with Crippen molar-refractivity contribution in [1.82, 2.24) is 5.32 Å². The Morgan fingerprint density at radius 3 is 2.47 bits per heavy atom. The topological polar surface area (TPSA) is 75.6 Å². The highest BCUT2D eigenvalue weighted by molar-refractivity contribution is 5.88. The minimum Gasteiger partial charge on any atom is -0.480 e. The highest BCUT2D eigenvalue weighted by Gasteiger charge is 2.41. The molecule has 5 nitrogen and oxygen atoms in total. The van der Waals surface area contributed by atoms with E-state index in [1.165, 1.54) is 0 Å². The maximum Gasteiger partial charge on any atom is 0.322 e. The van der Waals surface area contributed by atoms with Gasteiger partial charge >= 0.3 is 5.97 Å². The van der Waals surface area contributed by atoms with Crippen molar-refractivity contribution in [3.05, 3.63) is 0 Å². The summed E-state index contributed by atoms with van der Waals surface area (Å²) in [6.45, 7) is 1.97. The number of hydrogen-bond acceptors (Lipinski definition) is 3. The standard InChI is InChI=1S/C10H17NO4/c1-2-15-10(5-3-4-6-10)9(14)11-7-8(12)13/h2-7H2,1H3,(H,11,14)(H,12,13). The van der Waals surface area contributed by atoms with Crippen LogP contribution in [0.1, 0.15) is 32.6 Å². The number of hydrogen-bond donors (Lipinski definition) is 2. The van der Waals surface area contributed by atoms with Gasteiger partial charge in [-0.3, -0.25) is 9.59 Å². The van der Waals surface area contributed by atoms with Crippen molar-refractivity contribution in [2.24, 2.45) is 0 Å². The monoisotopic (exact) mass is 215 g/mol. The van der Waals surface area contributed by atoms with Gasteiger partial charge in [0.2, 0.25) is 0 Å². The third kappa shape index (κ3) is 2.92. The van der Waals surface area contributed by atoms with Crippen LogP contribution in [-0.4, -0.2) is 35.7 Å². The van der Waals surface area contributed by atoms with Crippen molar-refractivity contribution >= 4 is 11.9 Å². The second-order valence-electron chi connectivity index (χ2n) is 3.71. The van der Waals surface area contributed by atoms with Crippen LogP contribution in [0, 0.1) is 0 Å². The van der Waals surface area contributed by atoms with E-state index >= 15 is 0 Å². The molecule has 0 aliphatic heterocycles. The molecule has 1 rings (SSSR count). The summed E-state index contributed by atoms with van der Waals surface area (Å²) in [5.41, 5.74) is -0.774. The van der Waals surface area contributed by atoms with Crippen molar-refractivity contribution in [3.8, 4) is 0 Å². The molecule has 0 bridgehead atoms. The molecule has 2 N–H and O–H groups in total. The molecule has 0 saturated heterocycles. The molecule has 1 aliphatic rings. The van der Waals surface area contributed by atoms with Gasteiger partial charge in [-0.25, -0.2) is 0 Å². The normalized spacial score (nSPS) is 18.7. The Morgan fingerprint density at radius 2 is 2.00 bits per heavy atom. The van der Waals surface area contributed by atoms with Gasteiger partial charge in [0, 0.05) is 6.61 Å². The van der Waals surface area contributed by atoms with E-state index in [-0.39, 0.29) is 12.5 Å². The number of carboxylic acid groups (broad SMARTS) is 1. The number of ether oxygens (including phenoxy) is 1. The molecular weight excluding hydrogens is 198 g/mol. The largest absolute Gasteiger partial charge is 0.480 e. The van der Waals surface area contributed by atoms with Crippen LogP contribution in [-0.2, 0) is 14.3 Å². The highest BCUT2D eigenvalue weighted by atomic mass is 16.5. The second-order valence-corrected chi connectivity index (χ2v) is 3.71. The van der Waals surface area contributed by atoms with E-state index in [1.54, 1.807) is 0 Å². The summed E-state index contributed by atoms with van der Waals surface area (Å²) in [6, 6.07) is 0. The summed E-state index contributed by atoms with van der Waals surface area (Å²) in [4.78, 5) is 22.1. The van der Waals surface area contributed by atoms with Gasteiger partial charge in [-0.2, -0.15) is 0 Å². The lowest BCUT2D eigenvalue weighted by molar-refractivity contribution is -0.148. The van der Waals surface area contributed by atoms with Crippen LogP contribution in [0.3, 0.4) is 0 Å². The van der Waals surface area contributed by atoms with E-state index in [9.17, 15) is 9.59 Å². The molecule has 1 saturated carbocycles. The van der Waals surface area contributed by atoms with Gasteiger partial charge in [-0.05, 0) is 32.6 Å². The molecule has 0 heterocycles. The molecule has 0 aromatic rings. The Kier molecular flexibility index (Phi) is 4.08. The summed E-state index contributed by atoms with van der Waals surface area (Å²) < 4.78 is 5.48. The number of carboxylic acids is 1. The lowest BCUT2D eigenvalue weighted by atomic mass is 10.0. The number of carbonyl (C=O) groups excluding carboxylic acids is 1. The van der Waals surface area contributed by atoms with Gasteiger partial charge in [0.05, 0.1) is 0 Å². The summed E-state index contributed by atoms with van der Waals surface area (Å²) in [7, 11) is 0. The van der Waals surface area contributed by atoms with Crippen LogP contribution < -0.4 is 5.32 Å². The van der Waals surface area contributed by atoms with Crippen molar-refractivity contribution in [1.29, 1.82) is 0 Å². The van der Waals surface area contributed by atoms with E-state index in [0.29, 0.717) is 19.4 Å². The Balaban J connectivity index is 2.55. The van der Waals surface area contributed by atoms with E-state index in [2.05, 4.69) is 5.32 Å². The molecule has 86 valence electrons. The van der Waals surface area contributed by atoms with Gasteiger partial charge in [-0.15, -0.1) is 0 Å². The van der Waals surface area contributed by atoms with E-state index < -0.39 is 11.6 Å². The first-order valence-electron chi connectivity index (χ1n) is 5.25. The lowest BCUT2D eigenvalue weighted by Gasteiger charge is -2.27. The molecule has 0 radical (unpaired) electrons. The fraction of sp³-hybridized carbons (Fsp3) is 0.800. The smallest absolute Gasteiger partial charge is 0.322 e. The zero-order valence-electron chi connectivity index (χ0n) is 8.91. The van der Waals surface area contributed by atoms with Crippen molar-refractivity contribution in [2.45, 2.75) is 38.2 Å². The van der Waals surface area contributed by atoms with E-state index in [0.717, 1.165) is 12.8 Å². The van der Waals surface area contributed by atoms with Gasteiger partial charge in [0.25, 0.3) is 5.91 Å². The predicted molar refractivity (Wildman–Crippen MR) is 53.5 cm³/mol. The number of amides is 1. The fourth-order valence-corrected chi connectivity index (χ4v) is 1.98. The maximum atomic E-state index is 11.8. The number of carbonyl (C=O) groups is 2. The first-order chi connectivity index (χ1) is 7.10. The third-order valence-corrected chi connectivity index (χ3v) is 2.65. The minimum absolute atomic E-state index is 0.288. The Labute approximate surface area is 88.8 Å². The Hall–Kier alpha value is -1.10. The predicted octanol–water partition coefficient (Wildman–Crippen LogP) is 0.536. The molecule has 1 fully saturated rings. The highest BCUT2D eigenvalue weighted by Crippen LogP contribution is 2.33. The molecule has 15 heavy (non-hydrogen) atoms. The van der Waals surface area contributed by atoms with Crippen molar-refractivity contribution in [3.63, 3.8) is 0 Å². The van der Waals surface area contributed by atoms with Crippen LogP contribution in [0.15, 0.2) is 0 Å². The minimum atomic E-state index is -1.03. The molecule has 0 spiro atoms. The zero-order valence-corrected chi connectivity index (χ0v) is 8.91. The van der Waals surface area contributed by atoms with Gasteiger partial charge in [-0.1, -0.05) is 0 Å². The summed E-state index contributed by atoms with van der Waals surface area (Å²) in [5, 5.41) is 10.8. The number of nitrogens with one attached hydrogen (secondary N) is 1. The van der Waals surface area contributed by atoms with Crippen LogP contribution in [0.25, 0.3) is 0 Å². The lowest BCUT2D eigenvalue weighted by Crippen LogP contribution is -2.48. The molecular formula is C10H17NO4. The molecule has 0 aromatic carbocycles. The first-order valence-corrected chi connectivity index (χ1v) is 5.25. The van der Waals surface area contributed by atoms with Gasteiger partial charge in [0.1, 0.15) is 12.1 Å². The SMILES string of the molecule is CCOC1(C(=O)NCC(=O)O)CCCC1. The third-order valence-electron chi connectivity index (χ3n) is 2.65. The Bertz CT molecular complexity index is 246. The quantitative estimate of drug-likeness (QED) is 0.701. The van der Waals surface area contributed by atoms with E-state index in [1.807, 2.05) is 6.92 Å². The van der Waals surface area contributed by atoms with Crippen LogP contribution in [0.5, 0.6) is 0 Å². The molecule has 0 atom stereocenters. The van der Waals surface area contributed by atoms with Crippen molar-refractivity contribution < 1.29 is 19.4 Å². The fourth-order valence-electron chi connectivity index (χ4n) is 1.98. The molecule has 1 aliphatic carbocycles. The number of rotatable bonds is 5. The van der Waals surface area contributed by atoms with Crippen molar-refractivity contribution in [2.75, 3.05) is 13.2 Å². The molecule has 1 amide bonds. The van der Waals surface area contributed by atoms with Crippen LogP contribution in [0.4, 0.5) is 0 Å². The second kappa shape index (κ2) is 5.11. The van der Waals surface area contributed by atoms with Crippen LogP contribution in [0.2, 0.25) is 0 Å². The van der Waals surface area contributed by atoms with E-state index in [4.69, 9.17) is 9.84 Å². The summed E-state index contributed by atoms with van der Waals surface area (Å²) in [5.74, 6) is -1.32. The maximum absolute atomic E-state index is 11.8. The van der Waals surface area contributed by atoms with Gasteiger partial charge < -0.3 is 15.2 Å². The summed E-state index contributed by atoms with van der Waals surface area (Å²) in [6.07, 6.45) is 3.29. The molecule has 0 unspecified atom stereocenters. The molecule has 5 heteroatoms. The zero-order chi connectivity index (χ0) is 11.3.